The van der Waals surface area contributed by atoms with E-state index in [0.717, 1.165) is 31.4 Å². The molecule has 1 aromatic carbocycles. The Bertz CT molecular complexity index is 286. The van der Waals surface area contributed by atoms with Gasteiger partial charge in [0.1, 0.15) is 5.82 Å². The van der Waals surface area contributed by atoms with Gasteiger partial charge in [-0.2, -0.15) is 0 Å². The minimum Gasteiger partial charge on any atom is -0.314 e. The van der Waals surface area contributed by atoms with Crippen LogP contribution < -0.4 is 5.32 Å². The summed E-state index contributed by atoms with van der Waals surface area (Å²) in [6, 6.07) is 7.54. The molecular weight excluding hydrogens is 189 g/mol. The molecule has 15 heavy (non-hydrogen) atoms. The molecule has 84 valence electrons. The zero-order valence-corrected chi connectivity index (χ0v) is 9.59. The summed E-state index contributed by atoms with van der Waals surface area (Å²) in [4.78, 5) is 0. The van der Waals surface area contributed by atoms with Gasteiger partial charge in [-0.05, 0) is 37.4 Å². The van der Waals surface area contributed by atoms with E-state index in [1.54, 1.807) is 6.07 Å². The summed E-state index contributed by atoms with van der Waals surface area (Å²) in [5.41, 5.74) is 0.828. The van der Waals surface area contributed by atoms with Crippen molar-refractivity contribution in [1.82, 2.24) is 5.32 Å². The molecule has 1 nitrogen and oxygen atoms in total. The molecule has 1 unspecified atom stereocenters. The monoisotopic (exact) mass is 209 g/mol. The molecule has 0 saturated heterocycles. The maximum Gasteiger partial charge on any atom is 0.126 e. The number of hydrogen-bond acceptors (Lipinski definition) is 1. The molecule has 1 N–H and O–H groups in total. The molecule has 1 rings (SSSR count). The van der Waals surface area contributed by atoms with Gasteiger partial charge in [0, 0.05) is 6.04 Å². The first kappa shape index (κ1) is 12.2. The van der Waals surface area contributed by atoms with Gasteiger partial charge >= 0.3 is 0 Å². The lowest BCUT2D eigenvalue weighted by Crippen LogP contribution is -2.28. The Kier molecular flexibility index (Phi) is 5.33. The van der Waals surface area contributed by atoms with E-state index >= 15 is 0 Å². The lowest BCUT2D eigenvalue weighted by molar-refractivity contribution is 0.475. The fourth-order valence-corrected chi connectivity index (χ4v) is 1.77. The predicted molar refractivity (Wildman–Crippen MR) is 62.5 cm³/mol. The second kappa shape index (κ2) is 6.57. The van der Waals surface area contributed by atoms with Crippen LogP contribution >= 0.6 is 0 Å². The van der Waals surface area contributed by atoms with Crippen molar-refractivity contribution in [3.63, 3.8) is 0 Å². The van der Waals surface area contributed by atoms with Crippen LogP contribution in [0.2, 0.25) is 0 Å². The van der Waals surface area contributed by atoms with Crippen molar-refractivity contribution < 1.29 is 4.39 Å². The molecule has 2 heteroatoms. The van der Waals surface area contributed by atoms with Crippen LogP contribution in [0.15, 0.2) is 24.3 Å². The molecule has 0 spiro atoms. The largest absolute Gasteiger partial charge is 0.314 e. The van der Waals surface area contributed by atoms with Gasteiger partial charge in [-0.1, -0.05) is 32.0 Å². The molecule has 0 aliphatic carbocycles. The fraction of sp³-hybridized carbons (Fsp3) is 0.538. The molecule has 0 aliphatic heterocycles. The van der Waals surface area contributed by atoms with Crippen molar-refractivity contribution in [2.45, 2.75) is 39.2 Å². The van der Waals surface area contributed by atoms with Gasteiger partial charge in [0.25, 0.3) is 0 Å². The van der Waals surface area contributed by atoms with Crippen LogP contribution in [0.3, 0.4) is 0 Å². The quantitative estimate of drug-likeness (QED) is 0.759. The van der Waals surface area contributed by atoms with Crippen LogP contribution in [0.1, 0.15) is 32.3 Å². The number of hydrogen-bond donors (Lipinski definition) is 1. The van der Waals surface area contributed by atoms with E-state index in [1.165, 1.54) is 6.07 Å². The topological polar surface area (TPSA) is 12.0 Å². The Morgan fingerprint density at radius 3 is 2.60 bits per heavy atom. The van der Waals surface area contributed by atoms with Crippen LogP contribution in [-0.4, -0.2) is 12.6 Å². The summed E-state index contributed by atoms with van der Waals surface area (Å²) in [6.45, 7) is 5.25. The first-order chi connectivity index (χ1) is 7.27. The molecule has 0 amide bonds. The van der Waals surface area contributed by atoms with Crippen molar-refractivity contribution in [3.8, 4) is 0 Å². The third kappa shape index (κ3) is 4.00. The standard InChI is InChI=1S/C13H20FN/c1-3-12(15-4-2)10-9-11-7-5-6-8-13(11)14/h5-8,12,15H,3-4,9-10H2,1-2H3. The van der Waals surface area contributed by atoms with E-state index in [9.17, 15) is 4.39 Å². The Morgan fingerprint density at radius 2 is 2.00 bits per heavy atom. The lowest BCUT2D eigenvalue weighted by Gasteiger charge is -2.15. The van der Waals surface area contributed by atoms with Crippen LogP contribution in [0.5, 0.6) is 0 Å². The van der Waals surface area contributed by atoms with Crippen molar-refractivity contribution in [2.75, 3.05) is 6.54 Å². The van der Waals surface area contributed by atoms with Crippen molar-refractivity contribution in [3.05, 3.63) is 35.6 Å². The Hall–Kier alpha value is -0.890. The molecule has 0 aromatic heterocycles. The molecule has 1 aromatic rings. The SMILES string of the molecule is CCNC(CC)CCc1ccccc1F. The molecule has 0 bridgehead atoms. The molecule has 0 fully saturated rings. The third-order valence-electron chi connectivity index (χ3n) is 2.71. The van der Waals surface area contributed by atoms with Crippen LogP contribution in [0.25, 0.3) is 0 Å². The van der Waals surface area contributed by atoms with E-state index in [0.29, 0.717) is 6.04 Å². The molecule has 0 aliphatic rings. The summed E-state index contributed by atoms with van der Waals surface area (Å²) in [7, 11) is 0. The minimum atomic E-state index is -0.0798. The summed E-state index contributed by atoms with van der Waals surface area (Å²) >= 11 is 0. The highest BCUT2D eigenvalue weighted by atomic mass is 19.1. The maximum atomic E-state index is 13.3. The fourth-order valence-electron chi connectivity index (χ4n) is 1.77. The lowest BCUT2D eigenvalue weighted by atomic mass is 10.0. The second-order valence-corrected chi connectivity index (χ2v) is 3.79. The highest BCUT2D eigenvalue weighted by Gasteiger charge is 2.06. The molecule has 1 atom stereocenters. The van der Waals surface area contributed by atoms with Gasteiger partial charge in [-0.15, -0.1) is 0 Å². The van der Waals surface area contributed by atoms with E-state index in [1.807, 2.05) is 12.1 Å². The van der Waals surface area contributed by atoms with Gasteiger partial charge in [0.15, 0.2) is 0 Å². The summed E-state index contributed by atoms with van der Waals surface area (Å²) in [5.74, 6) is -0.0798. The Balaban J connectivity index is 2.45. The van der Waals surface area contributed by atoms with Gasteiger partial charge < -0.3 is 5.32 Å². The van der Waals surface area contributed by atoms with E-state index < -0.39 is 0 Å². The summed E-state index contributed by atoms with van der Waals surface area (Å²) in [6.07, 6.45) is 2.92. The van der Waals surface area contributed by atoms with Gasteiger partial charge in [0.2, 0.25) is 0 Å². The summed E-state index contributed by atoms with van der Waals surface area (Å²) < 4.78 is 13.3. The Morgan fingerprint density at radius 1 is 1.27 bits per heavy atom. The molecular formula is C13H20FN. The second-order valence-electron chi connectivity index (χ2n) is 3.79. The average Bonchev–Trinajstić information content (AvgIpc) is 2.26. The highest BCUT2D eigenvalue weighted by Crippen LogP contribution is 2.11. The van der Waals surface area contributed by atoms with E-state index in [-0.39, 0.29) is 5.82 Å². The van der Waals surface area contributed by atoms with Crippen LogP contribution in [0.4, 0.5) is 4.39 Å². The van der Waals surface area contributed by atoms with E-state index in [4.69, 9.17) is 0 Å². The van der Waals surface area contributed by atoms with Gasteiger partial charge in [0.05, 0.1) is 0 Å². The average molecular weight is 209 g/mol. The molecule has 0 heterocycles. The molecule has 0 saturated carbocycles. The normalized spacial score (nSPS) is 12.7. The van der Waals surface area contributed by atoms with Crippen molar-refractivity contribution in [2.24, 2.45) is 0 Å². The number of benzene rings is 1. The smallest absolute Gasteiger partial charge is 0.126 e. The third-order valence-corrected chi connectivity index (χ3v) is 2.71. The zero-order chi connectivity index (χ0) is 11.1. The first-order valence-corrected chi connectivity index (χ1v) is 5.74. The Labute approximate surface area is 91.7 Å². The van der Waals surface area contributed by atoms with Gasteiger partial charge in [-0.25, -0.2) is 4.39 Å². The first-order valence-electron chi connectivity index (χ1n) is 5.74. The zero-order valence-electron chi connectivity index (χ0n) is 9.59. The minimum absolute atomic E-state index is 0.0798. The summed E-state index contributed by atoms with van der Waals surface area (Å²) in [5, 5.41) is 3.40. The maximum absolute atomic E-state index is 13.3. The molecule has 0 radical (unpaired) electrons. The number of halogens is 1. The van der Waals surface area contributed by atoms with Crippen molar-refractivity contribution >= 4 is 0 Å². The van der Waals surface area contributed by atoms with Crippen LogP contribution in [0, 0.1) is 5.82 Å². The highest BCUT2D eigenvalue weighted by molar-refractivity contribution is 5.17. The predicted octanol–water partition coefficient (Wildman–Crippen LogP) is 3.15. The van der Waals surface area contributed by atoms with Crippen molar-refractivity contribution in [1.29, 1.82) is 0 Å². The number of nitrogens with one attached hydrogen (secondary N) is 1. The number of aryl methyl sites for hydroxylation is 1. The van der Waals surface area contributed by atoms with E-state index in [2.05, 4.69) is 19.2 Å². The number of rotatable bonds is 6. The van der Waals surface area contributed by atoms with Gasteiger partial charge in [-0.3, -0.25) is 0 Å². The van der Waals surface area contributed by atoms with Crippen LogP contribution in [-0.2, 0) is 6.42 Å².